The summed E-state index contributed by atoms with van der Waals surface area (Å²) in [5, 5.41) is 14.6. The third-order valence-electron chi connectivity index (χ3n) is 3.93. The van der Waals surface area contributed by atoms with Gasteiger partial charge in [-0.05, 0) is 25.7 Å². The van der Waals surface area contributed by atoms with Crippen LogP contribution in [0.4, 0.5) is 0 Å². The molecule has 1 N–H and O–H groups in total. The van der Waals surface area contributed by atoms with Gasteiger partial charge in [0.15, 0.2) is 11.3 Å². The van der Waals surface area contributed by atoms with E-state index in [2.05, 4.69) is 10.1 Å². The minimum atomic E-state index is -0.828. The molecule has 0 aromatic carbocycles. The average molecular weight is 335 g/mol. The Morgan fingerprint density at radius 3 is 2.87 bits per heavy atom. The van der Waals surface area contributed by atoms with Crippen molar-refractivity contribution in [2.45, 2.75) is 32.7 Å². The maximum Gasteiger partial charge on any atom is 0.347 e. The summed E-state index contributed by atoms with van der Waals surface area (Å²) in [7, 11) is 0. The summed E-state index contributed by atoms with van der Waals surface area (Å²) in [4.78, 5) is 29.2. The molecule has 2 aromatic heterocycles. The highest BCUT2D eigenvalue weighted by molar-refractivity contribution is 7.13. The van der Waals surface area contributed by atoms with Crippen molar-refractivity contribution < 1.29 is 14.6 Å². The van der Waals surface area contributed by atoms with Crippen molar-refractivity contribution in [3.8, 4) is 16.3 Å². The highest BCUT2D eigenvalue weighted by atomic mass is 32.1. The lowest BCUT2D eigenvalue weighted by Gasteiger charge is -2.25. The normalized spacial score (nSPS) is 14.5. The van der Waals surface area contributed by atoms with Crippen LogP contribution in [0.1, 0.15) is 36.5 Å². The van der Waals surface area contributed by atoms with E-state index in [-0.39, 0.29) is 17.9 Å². The summed E-state index contributed by atoms with van der Waals surface area (Å²) in [5.74, 6) is -0.887. The first-order chi connectivity index (χ1) is 11.1. The van der Waals surface area contributed by atoms with Crippen molar-refractivity contribution in [1.82, 2.24) is 14.8 Å². The zero-order valence-electron chi connectivity index (χ0n) is 12.7. The fraction of sp³-hybridized carbons (Fsp3) is 0.467. The summed E-state index contributed by atoms with van der Waals surface area (Å²) in [6, 6.07) is 0. The predicted molar refractivity (Wildman–Crippen MR) is 84.6 cm³/mol. The molecule has 0 radical (unpaired) electrons. The number of nitrogens with zero attached hydrogens (tertiary/aromatic N) is 3. The topological polar surface area (TPSA) is 94.3 Å². The Morgan fingerprint density at radius 2 is 2.30 bits per heavy atom. The molecule has 7 nitrogen and oxygen atoms in total. The molecule has 1 fully saturated rings. The number of hydrogen-bond donors (Lipinski definition) is 1. The van der Waals surface area contributed by atoms with Crippen molar-refractivity contribution >= 4 is 17.3 Å². The molecular weight excluding hydrogens is 318 g/mol. The van der Waals surface area contributed by atoms with Gasteiger partial charge in [0.2, 0.25) is 0 Å². The van der Waals surface area contributed by atoms with E-state index in [0.29, 0.717) is 17.3 Å². The molecule has 0 atom stereocenters. The number of esters is 1. The Labute approximate surface area is 136 Å². The van der Waals surface area contributed by atoms with Gasteiger partial charge in [0, 0.05) is 12.7 Å². The van der Waals surface area contributed by atoms with Crippen molar-refractivity contribution in [2.24, 2.45) is 5.92 Å². The van der Waals surface area contributed by atoms with Crippen LogP contribution in [0.3, 0.4) is 0 Å². The Morgan fingerprint density at radius 1 is 1.52 bits per heavy atom. The second-order valence-corrected chi connectivity index (χ2v) is 6.33. The number of aromatic hydroxyl groups is 1. The molecule has 122 valence electrons. The molecule has 3 rings (SSSR count). The SMILES string of the molecule is CCOC(=O)c1c(O)c(-c2cncs2)nn(CC2CCC2)c1=O. The standard InChI is InChI=1S/C15H17N3O4S/c1-2-22-15(21)11-13(19)12(10-6-16-8-23-10)17-18(14(11)20)7-9-4-3-5-9/h6,8-9,19H,2-5,7H2,1H3. The van der Waals surface area contributed by atoms with Crippen molar-refractivity contribution in [3.63, 3.8) is 0 Å². The lowest BCUT2D eigenvalue weighted by atomic mass is 9.85. The lowest BCUT2D eigenvalue weighted by Crippen LogP contribution is -2.33. The van der Waals surface area contributed by atoms with Gasteiger partial charge >= 0.3 is 5.97 Å². The highest BCUT2D eigenvalue weighted by Gasteiger charge is 2.27. The van der Waals surface area contributed by atoms with Crippen molar-refractivity contribution in [2.75, 3.05) is 6.61 Å². The number of ether oxygens (including phenoxy) is 1. The van der Waals surface area contributed by atoms with Crippen LogP contribution in [0.5, 0.6) is 5.75 Å². The minimum absolute atomic E-state index is 0.124. The van der Waals surface area contributed by atoms with E-state index in [1.54, 1.807) is 18.6 Å². The van der Waals surface area contributed by atoms with Gasteiger partial charge in [-0.2, -0.15) is 5.10 Å². The zero-order valence-corrected chi connectivity index (χ0v) is 13.5. The van der Waals surface area contributed by atoms with Gasteiger partial charge in [-0.3, -0.25) is 9.78 Å². The molecule has 0 amide bonds. The fourth-order valence-corrected chi connectivity index (χ4v) is 3.10. The van der Waals surface area contributed by atoms with Crippen LogP contribution in [-0.2, 0) is 11.3 Å². The predicted octanol–water partition coefficient (Wildman–Crippen LogP) is 2.05. The maximum atomic E-state index is 12.5. The van der Waals surface area contributed by atoms with Crippen molar-refractivity contribution in [3.05, 3.63) is 27.6 Å². The molecular formula is C15H17N3O4S. The largest absolute Gasteiger partial charge is 0.505 e. The third kappa shape index (κ3) is 2.98. The number of carbonyl (C=O) groups excluding carboxylic acids is 1. The van der Waals surface area contributed by atoms with E-state index < -0.39 is 17.3 Å². The molecule has 0 aliphatic heterocycles. The molecule has 0 bridgehead atoms. The molecule has 0 saturated heterocycles. The van der Waals surface area contributed by atoms with E-state index in [4.69, 9.17) is 4.74 Å². The van der Waals surface area contributed by atoms with Gasteiger partial charge in [0.1, 0.15) is 5.69 Å². The van der Waals surface area contributed by atoms with Crippen LogP contribution in [0.2, 0.25) is 0 Å². The van der Waals surface area contributed by atoms with Crippen molar-refractivity contribution in [1.29, 1.82) is 0 Å². The second-order valence-electron chi connectivity index (χ2n) is 5.44. The van der Waals surface area contributed by atoms with E-state index >= 15 is 0 Å². The number of hydrogen-bond acceptors (Lipinski definition) is 7. The molecule has 0 spiro atoms. The highest BCUT2D eigenvalue weighted by Crippen LogP contribution is 2.32. The van der Waals surface area contributed by atoms with Crippen LogP contribution in [0, 0.1) is 5.92 Å². The third-order valence-corrected chi connectivity index (χ3v) is 4.71. The molecule has 0 unspecified atom stereocenters. The van der Waals surface area contributed by atoms with Crippen LogP contribution in [-0.4, -0.2) is 32.4 Å². The van der Waals surface area contributed by atoms with E-state index in [1.807, 2.05) is 0 Å². The Hall–Kier alpha value is -2.22. The molecule has 2 heterocycles. The number of carbonyl (C=O) groups is 1. The Kier molecular flexibility index (Phi) is 4.42. The Balaban J connectivity index is 2.12. The minimum Gasteiger partial charge on any atom is -0.505 e. The van der Waals surface area contributed by atoms with Crippen LogP contribution < -0.4 is 5.56 Å². The lowest BCUT2D eigenvalue weighted by molar-refractivity contribution is 0.0519. The monoisotopic (exact) mass is 335 g/mol. The van der Waals surface area contributed by atoms with Gasteiger partial charge in [0.25, 0.3) is 5.56 Å². The Bertz CT molecular complexity index is 766. The van der Waals surface area contributed by atoms with E-state index in [0.717, 1.165) is 19.3 Å². The smallest absolute Gasteiger partial charge is 0.347 e. The molecule has 8 heteroatoms. The van der Waals surface area contributed by atoms with Crippen LogP contribution >= 0.6 is 11.3 Å². The second kappa shape index (κ2) is 6.49. The maximum absolute atomic E-state index is 12.5. The summed E-state index contributed by atoms with van der Waals surface area (Å²) in [6.45, 7) is 2.21. The number of thiazole rings is 1. The molecule has 1 saturated carbocycles. The zero-order chi connectivity index (χ0) is 16.4. The van der Waals surface area contributed by atoms with Gasteiger partial charge in [0.05, 0.1) is 17.0 Å². The van der Waals surface area contributed by atoms with Gasteiger partial charge < -0.3 is 9.84 Å². The fourth-order valence-electron chi connectivity index (χ4n) is 2.49. The first-order valence-corrected chi connectivity index (χ1v) is 8.39. The summed E-state index contributed by atoms with van der Waals surface area (Å²) >= 11 is 1.28. The van der Waals surface area contributed by atoms with Crippen LogP contribution in [0.15, 0.2) is 16.5 Å². The number of rotatable bonds is 5. The first kappa shape index (κ1) is 15.7. The van der Waals surface area contributed by atoms with E-state index in [9.17, 15) is 14.7 Å². The van der Waals surface area contributed by atoms with Crippen LogP contribution in [0.25, 0.3) is 10.6 Å². The van der Waals surface area contributed by atoms with Gasteiger partial charge in [-0.15, -0.1) is 11.3 Å². The summed E-state index contributed by atoms with van der Waals surface area (Å²) in [6.07, 6.45) is 4.77. The summed E-state index contributed by atoms with van der Waals surface area (Å²) < 4.78 is 6.18. The van der Waals surface area contributed by atoms with E-state index in [1.165, 1.54) is 16.0 Å². The van der Waals surface area contributed by atoms with Gasteiger partial charge in [-0.1, -0.05) is 6.42 Å². The summed E-state index contributed by atoms with van der Waals surface area (Å²) in [5.41, 5.74) is 0.821. The molecule has 2 aromatic rings. The van der Waals surface area contributed by atoms with Gasteiger partial charge in [-0.25, -0.2) is 9.48 Å². The molecule has 1 aliphatic rings. The average Bonchev–Trinajstić information content (AvgIpc) is 2.99. The molecule has 1 aliphatic carbocycles. The number of aromatic nitrogens is 3. The first-order valence-electron chi connectivity index (χ1n) is 7.51. The molecule has 23 heavy (non-hydrogen) atoms. The quantitative estimate of drug-likeness (QED) is 0.840.